The highest BCUT2D eigenvalue weighted by molar-refractivity contribution is 6.06. The highest BCUT2D eigenvalue weighted by Crippen LogP contribution is 2.46. The molecule has 3 aliphatic rings. The number of aryl methyl sites for hydroxylation is 2. The minimum absolute atomic E-state index is 0.000958. The molecule has 1 spiro atoms. The average molecular weight is 505 g/mol. The molecule has 5 rings (SSSR count). The molecule has 0 bridgehead atoms. The van der Waals surface area contributed by atoms with Gasteiger partial charge in [-0.05, 0) is 54.0 Å². The molecule has 2 aliphatic heterocycles. The summed E-state index contributed by atoms with van der Waals surface area (Å²) in [5.74, 6) is -0.542. The first-order chi connectivity index (χ1) is 17.7. The molecule has 0 aromatic heterocycles. The number of carbonyl (C=O) groups excluding carboxylic acids is 4. The third-order valence-corrected chi connectivity index (χ3v) is 7.80. The summed E-state index contributed by atoms with van der Waals surface area (Å²) in [6.07, 6.45) is 1.71. The number of benzene rings is 2. The summed E-state index contributed by atoms with van der Waals surface area (Å²) in [5.41, 5.74) is 2.91. The van der Waals surface area contributed by atoms with Gasteiger partial charge in [0.25, 0.3) is 5.91 Å². The molecule has 1 aliphatic carbocycles. The fraction of sp³-hybridized carbons (Fsp3) is 0.429. The maximum Gasteiger partial charge on any atom is 0.418 e. The van der Waals surface area contributed by atoms with Crippen molar-refractivity contribution in [3.63, 3.8) is 0 Å². The number of rotatable bonds is 4. The lowest BCUT2D eigenvalue weighted by Crippen LogP contribution is -2.48. The summed E-state index contributed by atoms with van der Waals surface area (Å²) >= 11 is 0. The second-order valence-corrected chi connectivity index (χ2v) is 10.3. The molecule has 2 atom stereocenters. The standard InChI is InChI=1S/C28H32N4O5/c1-17(2)23-11-8-18-6-4-5-7-20(18)15-31(23)24(33)16-32-25(34)28(37-27(32)36)13-12-19-14-21(9-10-22(19)28)30-26(35)29-3/h4-7,9-10,14,17,23H,8,11-13,15-16H2,1-3H3,(H2,29,30,35)/t23-,28-/m0/s1. The monoisotopic (exact) mass is 504 g/mol. The van der Waals surface area contributed by atoms with Gasteiger partial charge in [-0.1, -0.05) is 44.2 Å². The van der Waals surface area contributed by atoms with Crippen LogP contribution in [0.25, 0.3) is 0 Å². The van der Waals surface area contributed by atoms with E-state index in [0.29, 0.717) is 30.6 Å². The first kappa shape index (κ1) is 24.8. The molecular weight excluding hydrogens is 472 g/mol. The largest absolute Gasteiger partial charge is 0.427 e. The number of nitrogens with one attached hydrogen (secondary N) is 2. The Balaban J connectivity index is 1.37. The molecule has 1 fully saturated rings. The first-order valence-corrected chi connectivity index (χ1v) is 12.8. The Labute approximate surface area is 216 Å². The zero-order chi connectivity index (χ0) is 26.3. The van der Waals surface area contributed by atoms with Crippen LogP contribution in [0.5, 0.6) is 0 Å². The lowest BCUT2D eigenvalue weighted by atomic mass is 9.94. The van der Waals surface area contributed by atoms with Crippen LogP contribution in [0.3, 0.4) is 0 Å². The first-order valence-electron chi connectivity index (χ1n) is 12.8. The van der Waals surface area contributed by atoms with Gasteiger partial charge in [-0.3, -0.25) is 9.59 Å². The van der Waals surface area contributed by atoms with Gasteiger partial charge < -0.3 is 20.3 Å². The van der Waals surface area contributed by atoms with Gasteiger partial charge in [0.15, 0.2) is 0 Å². The summed E-state index contributed by atoms with van der Waals surface area (Å²) in [6.45, 7) is 4.28. The second kappa shape index (κ2) is 9.53. The molecule has 2 N–H and O–H groups in total. The number of imide groups is 1. The van der Waals surface area contributed by atoms with Crippen molar-refractivity contribution in [3.8, 4) is 0 Å². The Morgan fingerprint density at radius 2 is 1.84 bits per heavy atom. The van der Waals surface area contributed by atoms with E-state index >= 15 is 0 Å². The molecule has 194 valence electrons. The Bertz CT molecular complexity index is 1270. The number of hydrogen-bond donors (Lipinski definition) is 2. The quantitative estimate of drug-likeness (QED) is 0.662. The van der Waals surface area contributed by atoms with Crippen LogP contribution in [0, 0.1) is 5.92 Å². The van der Waals surface area contributed by atoms with E-state index in [1.807, 2.05) is 23.1 Å². The lowest BCUT2D eigenvalue weighted by molar-refractivity contribution is -0.143. The van der Waals surface area contributed by atoms with Crippen molar-refractivity contribution >= 4 is 29.6 Å². The lowest BCUT2D eigenvalue weighted by Gasteiger charge is -2.34. The van der Waals surface area contributed by atoms with Crippen molar-refractivity contribution in [2.45, 2.75) is 57.7 Å². The highest BCUT2D eigenvalue weighted by Gasteiger charge is 2.58. The van der Waals surface area contributed by atoms with Crippen LogP contribution < -0.4 is 10.6 Å². The van der Waals surface area contributed by atoms with Crippen molar-refractivity contribution in [1.29, 1.82) is 0 Å². The van der Waals surface area contributed by atoms with Gasteiger partial charge in [0, 0.05) is 37.3 Å². The minimum Gasteiger partial charge on any atom is -0.427 e. The van der Waals surface area contributed by atoms with Gasteiger partial charge in [0.1, 0.15) is 6.54 Å². The van der Waals surface area contributed by atoms with Gasteiger partial charge in [-0.15, -0.1) is 0 Å². The van der Waals surface area contributed by atoms with Gasteiger partial charge in [0.05, 0.1) is 0 Å². The molecule has 0 saturated carbocycles. The average Bonchev–Trinajstić information content (AvgIpc) is 3.25. The van der Waals surface area contributed by atoms with E-state index in [1.54, 1.807) is 18.2 Å². The number of ether oxygens (including phenoxy) is 1. The predicted molar refractivity (Wildman–Crippen MR) is 137 cm³/mol. The molecule has 5 amide bonds. The van der Waals surface area contributed by atoms with E-state index in [4.69, 9.17) is 4.74 Å². The fourth-order valence-electron chi connectivity index (χ4n) is 5.83. The van der Waals surface area contributed by atoms with Crippen LogP contribution >= 0.6 is 0 Å². The summed E-state index contributed by atoms with van der Waals surface area (Å²) in [6, 6.07) is 12.9. The Morgan fingerprint density at radius 3 is 2.57 bits per heavy atom. The van der Waals surface area contributed by atoms with Gasteiger partial charge in [-0.25, -0.2) is 14.5 Å². The number of anilines is 1. The summed E-state index contributed by atoms with van der Waals surface area (Å²) in [5, 5.41) is 5.21. The number of amides is 5. The summed E-state index contributed by atoms with van der Waals surface area (Å²) in [7, 11) is 1.53. The molecule has 2 aromatic rings. The van der Waals surface area contributed by atoms with Crippen LogP contribution in [0.15, 0.2) is 42.5 Å². The van der Waals surface area contributed by atoms with Crippen LogP contribution in [0.1, 0.15) is 48.9 Å². The number of hydrogen-bond acceptors (Lipinski definition) is 5. The van der Waals surface area contributed by atoms with Gasteiger partial charge in [-0.2, -0.15) is 0 Å². The summed E-state index contributed by atoms with van der Waals surface area (Å²) in [4.78, 5) is 54.7. The minimum atomic E-state index is -1.43. The maximum absolute atomic E-state index is 13.6. The zero-order valence-corrected chi connectivity index (χ0v) is 21.4. The van der Waals surface area contributed by atoms with Crippen LogP contribution in [-0.2, 0) is 39.3 Å². The van der Waals surface area contributed by atoms with E-state index in [1.165, 1.54) is 12.6 Å². The Hall–Kier alpha value is -3.88. The van der Waals surface area contributed by atoms with Gasteiger partial charge >= 0.3 is 12.1 Å². The van der Waals surface area contributed by atoms with Crippen LogP contribution in [0.4, 0.5) is 15.3 Å². The zero-order valence-electron chi connectivity index (χ0n) is 21.4. The molecule has 2 aromatic carbocycles. The van der Waals surface area contributed by atoms with Crippen molar-refractivity contribution in [3.05, 3.63) is 64.7 Å². The second-order valence-electron chi connectivity index (χ2n) is 10.3. The van der Waals surface area contributed by atoms with Gasteiger partial charge in [0.2, 0.25) is 11.5 Å². The predicted octanol–water partition coefficient (Wildman–Crippen LogP) is 3.56. The number of carbonyl (C=O) groups is 4. The SMILES string of the molecule is CNC(=O)Nc1ccc2c(c1)CC[C@]21OC(=O)N(CC(=O)N2Cc3ccccc3CC[C@H]2C(C)C)C1=O. The van der Waals surface area contributed by atoms with Crippen LogP contribution in [-0.4, -0.2) is 53.4 Å². The van der Waals surface area contributed by atoms with E-state index in [0.717, 1.165) is 28.9 Å². The fourth-order valence-corrected chi connectivity index (χ4v) is 5.83. The molecule has 9 nitrogen and oxygen atoms in total. The summed E-state index contributed by atoms with van der Waals surface area (Å²) < 4.78 is 5.71. The third-order valence-electron chi connectivity index (χ3n) is 7.80. The third kappa shape index (κ3) is 4.32. The molecule has 37 heavy (non-hydrogen) atoms. The molecular formula is C28H32N4O5. The van der Waals surface area contributed by atoms with E-state index < -0.39 is 17.6 Å². The van der Waals surface area contributed by atoms with Crippen molar-refractivity contribution in [1.82, 2.24) is 15.1 Å². The molecule has 0 unspecified atom stereocenters. The Morgan fingerprint density at radius 1 is 1.08 bits per heavy atom. The number of urea groups is 1. The molecule has 0 radical (unpaired) electrons. The van der Waals surface area contributed by atoms with E-state index in [2.05, 4.69) is 30.5 Å². The van der Waals surface area contributed by atoms with Crippen molar-refractivity contribution in [2.75, 3.05) is 18.9 Å². The topological polar surface area (TPSA) is 108 Å². The molecule has 1 saturated heterocycles. The van der Waals surface area contributed by atoms with E-state index in [-0.39, 0.29) is 30.4 Å². The molecule has 9 heteroatoms. The smallest absolute Gasteiger partial charge is 0.418 e. The maximum atomic E-state index is 13.6. The Kier molecular flexibility index (Phi) is 6.39. The number of fused-ring (bicyclic) bond motifs is 3. The van der Waals surface area contributed by atoms with Crippen molar-refractivity contribution < 1.29 is 23.9 Å². The normalized spacial score (nSPS) is 22.5. The highest BCUT2D eigenvalue weighted by atomic mass is 16.6. The molecule has 2 heterocycles. The van der Waals surface area contributed by atoms with Crippen molar-refractivity contribution in [2.24, 2.45) is 5.92 Å². The van der Waals surface area contributed by atoms with Crippen LogP contribution in [0.2, 0.25) is 0 Å². The number of nitrogens with zero attached hydrogens (tertiary/aromatic N) is 2. The van der Waals surface area contributed by atoms with E-state index in [9.17, 15) is 19.2 Å².